The second-order valence-electron chi connectivity index (χ2n) is 18.4. The number of rotatable bonds is 28. The van der Waals surface area contributed by atoms with E-state index in [1.54, 1.807) is 33.0 Å². The number of para-hydroxylation sites is 1. The van der Waals surface area contributed by atoms with E-state index in [0.29, 0.717) is 43.2 Å². The second-order valence-corrected chi connectivity index (χ2v) is 19.8. The van der Waals surface area contributed by atoms with E-state index in [0.717, 1.165) is 28.6 Å². The summed E-state index contributed by atoms with van der Waals surface area (Å²) in [5, 5.41) is 25.8. The van der Waals surface area contributed by atoms with E-state index in [2.05, 4.69) is 36.9 Å². The SMILES string of the molecule is CCCC[C@H](NC(=O)[C@H](Cc1ccc(S(=O)(=O)O)cc1)NC(=O)OC(C)(C)C)C(=O)NCC(=O)N[C@@H](Cc1c[nH]c2ccccc12)C(=O)N[C@@H](CCCC)C(=O)N[C@@H](CC(=O)O)C(=O)OCCc1ccccc1. The van der Waals surface area contributed by atoms with Crippen molar-refractivity contribution >= 4 is 68.6 Å². The third-order valence-corrected chi connectivity index (χ3v) is 12.1. The Kier molecular flexibility index (Phi) is 22.4. The Labute approximate surface area is 424 Å². The molecule has 3 aromatic carbocycles. The highest BCUT2D eigenvalue weighted by atomic mass is 32.2. The predicted molar refractivity (Wildman–Crippen MR) is 268 cm³/mol. The van der Waals surface area contributed by atoms with Crippen LogP contribution in [-0.4, -0.2) is 120 Å². The fourth-order valence-electron chi connectivity index (χ4n) is 7.51. The standard InChI is InChI=1S/C51H67N7O14S/c1-6-8-18-38(55-47(64)40(58-50(67)72-51(3,4)5)27-33-21-23-35(24-22-33)73(68,69)70)45(62)53-31-43(59)54-41(28-34-30-52-37-20-14-13-17-36(34)37)48(65)56-39(19-9-7-2)46(63)57-42(29-44(60)61)49(66)71-26-25-32-15-11-10-12-16-32/h10-17,20-24,30,38-42,52H,6-9,18-19,25-29,31H2,1-5H3,(H,53,62)(H,54,59)(H,55,64)(H,56,65)(H,57,63)(H,58,67)(H,60,61)(H,68,69,70)/t38-,39-,40-,41-,42-/m0/s1. The maximum Gasteiger partial charge on any atom is 0.408 e. The molecule has 6 amide bonds. The van der Waals surface area contributed by atoms with Crippen molar-refractivity contribution in [2.45, 2.75) is 140 Å². The first-order valence-corrected chi connectivity index (χ1v) is 25.5. The fraction of sp³-hybridized carbons (Fsp3) is 0.451. The Bertz CT molecular complexity index is 2640. The Morgan fingerprint density at radius 2 is 1.22 bits per heavy atom. The van der Waals surface area contributed by atoms with Crippen LogP contribution in [0.3, 0.4) is 0 Å². The number of unbranched alkanes of at least 4 members (excludes halogenated alkanes) is 2. The number of nitrogens with one attached hydrogen (secondary N) is 7. The minimum absolute atomic E-state index is 0.0799. The minimum Gasteiger partial charge on any atom is -0.481 e. The quantitative estimate of drug-likeness (QED) is 0.0289. The first kappa shape index (κ1) is 58.2. The van der Waals surface area contributed by atoms with E-state index in [4.69, 9.17) is 9.47 Å². The Hall–Kier alpha value is -7.33. The molecule has 73 heavy (non-hydrogen) atoms. The smallest absolute Gasteiger partial charge is 0.408 e. The zero-order valence-electron chi connectivity index (χ0n) is 41.7. The van der Waals surface area contributed by atoms with Crippen LogP contribution >= 0.6 is 0 Å². The molecule has 21 nitrogen and oxygen atoms in total. The van der Waals surface area contributed by atoms with Crippen molar-refractivity contribution in [1.29, 1.82) is 0 Å². The van der Waals surface area contributed by atoms with E-state index in [-0.39, 0.29) is 37.2 Å². The fourth-order valence-corrected chi connectivity index (χ4v) is 7.99. The molecule has 22 heteroatoms. The number of alkyl carbamates (subject to hydrolysis) is 1. The lowest BCUT2D eigenvalue weighted by Crippen LogP contribution is -2.58. The summed E-state index contributed by atoms with van der Waals surface area (Å²) in [7, 11) is -4.52. The summed E-state index contributed by atoms with van der Waals surface area (Å²) in [6.07, 6.45) is 2.29. The lowest BCUT2D eigenvalue weighted by atomic mass is 10.0. The lowest BCUT2D eigenvalue weighted by Gasteiger charge is -2.26. The van der Waals surface area contributed by atoms with E-state index in [1.807, 2.05) is 62.4 Å². The van der Waals surface area contributed by atoms with Crippen LogP contribution in [0.4, 0.5) is 4.79 Å². The number of fused-ring (bicyclic) bond motifs is 1. The molecule has 0 aliphatic heterocycles. The zero-order valence-corrected chi connectivity index (χ0v) is 42.5. The van der Waals surface area contributed by atoms with E-state index < -0.39 is 106 Å². The monoisotopic (exact) mass is 1030 g/mol. The number of H-pyrrole nitrogens is 1. The number of hydrogen-bond donors (Lipinski definition) is 9. The molecule has 1 heterocycles. The predicted octanol–water partition coefficient (Wildman–Crippen LogP) is 3.79. The maximum absolute atomic E-state index is 14.3. The number of esters is 1. The molecule has 1 aromatic heterocycles. The van der Waals surface area contributed by atoms with Gasteiger partial charge in [-0.2, -0.15) is 8.42 Å². The van der Waals surface area contributed by atoms with Gasteiger partial charge in [-0.15, -0.1) is 0 Å². The van der Waals surface area contributed by atoms with Gasteiger partial charge in [-0.1, -0.05) is 100 Å². The topological polar surface area (TPSA) is 318 Å². The molecule has 0 aliphatic rings. The van der Waals surface area contributed by atoms with Gasteiger partial charge in [0, 0.05) is 36.4 Å². The number of aromatic amines is 1. The summed E-state index contributed by atoms with van der Waals surface area (Å²) in [6, 6.07) is 14.5. The Morgan fingerprint density at radius 1 is 0.658 bits per heavy atom. The number of carbonyl (C=O) groups excluding carboxylic acids is 7. The maximum atomic E-state index is 14.3. The van der Waals surface area contributed by atoms with Crippen molar-refractivity contribution in [1.82, 2.24) is 36.9 Å². The number of aromatic nitrogens is 1. The molecular formula is C51H67N7O14S. The molecule has 0 bridgehead atoms. The molecule has 396 valence electrons. The molecule has 5 atom stereocenters. The van der Waals surface area contributed by atoms with Crippen LogP contribution in [0, 0.1) is 0 Å². The molecule has 0 radical (unpaired) electrons. The van der Waals surface area contributed by atoms with E-state index in [9.17, 15) is 56.4 Å². The van der Waals surface area contributed by atoms with Gasteiger partial charge in [-0.3, -0.25) is 33.3 Å². The molecule has 0 unspecified atom stereocenters. The molecule has 0 saturated heterocycles. The highest BCUT2D eigenvalue weighted by Crippen LogP contribution is 2.20. The number of aliphatic carboxylic acids is 1. The number of amides is 6. The highest BCUT2D eigenvalue weighted by molar-refractivity contribution is 7.85. The van der Waals surface area contributed by atoms with Gasteiger partial charge < -0.3 is 51.5 Å². The molecule has 4 rings (SSSR count). The molecule has 0 saturated carbocycles. The van der Waals surface area contributed by atoms with E-state index >= 15 is 0 Å². The number of carbonyl (C=O) groups is 8. The van der Waals surface area contributed by atoms with Crippen molar-refractivity contribution in [3.8, 4) is 0 Å². The number of benzene rings is 3. The highest BCUT2D eigenvalue weighted by Gasteiger charge is 2.33. The summed E-state index contributed by atoms with van der Waals surface area (Å²) in [5.41, 5.74) is 1.68. The van der Waals surface area contributed by atoms with Crippen LogP contribution in [0.15, 0.2) is 90.0 Å². The van der Waals surface area contributed by atoms with Crippen LogP contribution in [-0.2, 0) is 72.4 Å². The average molecular weight is 1030 g/mol. The lowest BCUT2D eigenvalue weighted by molar-refractivity contribution is -0.152. The van der Waals surface area contributed by atoms with Crippen molar-refractivity contribution < 1.29 is 65.9 Å². The summed E-state index contributed by atoms with van der Waals surface area (Å²) >= 11 is 0. The largest absolute Gasteiger partial charge is 0.481 e. The second kappa shape index (κ2) is 28.1. The number of carboxylic acid groups (broad SMARTS) is 1. The molecule has 9 N–H and O–H groups in total. The Morgan fingerprint density at radius 3 is 1.81 bits per heavy atom. The third kappa shape index (κ3) is 20.0. The van der Waals surface area contributed by atoms with Crippen LogP contribution in [0.2, 0.25) is 0 Å². The van der Waals surface area contributed by atoms with Gasteiger partial charge in [-0.05, 0) is 68.5 Å². The van der Waals surface area contributed by atoms with Crippen LogP contribution in [0.5, 0.6) is 0 Å². The number of ether oxygens (including phenoxy) is 2. The summed E-state index contributed by atoms with van der Waals surface area (Å²) < 4.78 is 43.4. The van der Waals surface area contributed by atoms with Crippen molar-refractivity contribution in [2.24, 2.45) is 0 Å². The van der Waals surface area contributed by atoms with Gasteiger partial charge in [0.2, 0.25) is 29.5 Å². The van der Waals surface area contributed by atoms with Crippen LogP contribution in [0.25, 0.3) is 10.9 Å². The average Bonchev–Trinajstić information content (AvgIpc) is 3.74. The number of carboxylic acids is 1. The molecule has 4 aromatic rings. The minimum atomic E-state index is -4.52. The van der Waals surface area contributed by atoms with Crippen LogP contribution < -0.4 is 31.9 Å². The first-order valence-electron chi connectivity index (χ1n) is 24.1. The van der Waals surface area contributed by atoms with Gasteiger partial charge >= 0.3 is 18.0 Å². The van der Waals surface area contributed by atoms with Gasteiger partial charge in [-0.25, -0.2) is 9.59 Å². The summed E-state index contributed by atoms with van der Waals surface area (Å²) in [6.45, 7) is 7.83. The summed E-state index contributed by atoms with van der Waals surface area (Å²) in [4.78, 5) is 110. The normalized spacial score (nSPS) is 13.5. The summed E-state index contributed by atoms with van der Waals surface area (Å²) in [5.74, 6) is -6.40. The molecule has 0 aliphatic carbocycles. The van der Waals surface area contributed by atoms with Crippen molar-refractivity contribution in [2.75, 3.05) is 13.2 Å². The van der Waals surface area contributed by atoms with Gasteiger partial charge in [0.15, 0.2) is 0 Å². The van der Waals surface area contributed by atoms with Gasteiger partial charge in [0.1, 0.15) is 35.8 Å². The zero-order chi connectivity index (χ0) is 53.7. The first-order chi connectivity index (χ1) is 34.6. The van der Waals surface area contributed by atoms with Gasteiger partial charge in [0.05, 0.1) is 24.5 Å². The van der Waals surface area contributed by atoms with Crippen molar-refractivity contribution in [3.63, 3.8) is 0 Å². The molecule has 0 spiro atoms. The number of hydrogen-bond acceptors (Lipinski definition) is 12. The van der Waals surface area contributed by atoms with Crippen LogP contribution in [0.1, 0.15) is 96.3 Å². The molecular weight excluding hydrogens is 967 g/mol. The van der Waals surface area contributed by atoms with Crippen molar-refractivity contribution in [3.05, 3.63) is 102 Å². The van der Waals surface area contributed by atoms with Gasteiger partial charge in [0.25, 0.3) is 10.1 Å². The molecule has 0 fully saturated rings. The third-order valence-electron chi connectivity index (χ3n) is 11.3. The van der Waals surface area contributed by atoms with E-state index in [1.165, 1.54) is 12.1 Å². The Balaban J connectivity index is 1.51.